The van der Waals surface area contributed by atoms with E-state index in [1.807, 2.05) is 0 Å². The van der Waals surface area contributed by atoms with Crippen LogP contribution in [0.3, 0.4) is 0 Å². The van der Waals surface area contributed by atoms with Crippen LogP contribution in [0.25, 0.3) is 0 Å². The van der Waals surface area contributed by atoms with Gasteiger partial charge in [0.1, 0.15) is 6.54 Å². The second kappa shape index (κ2) is 6.38. The number of methoxy groups -OCH3 is 1. The number of hydrogen-bond donors (Lipinski definition) is 1. The van der Waals surface area contributed by atoms with Gasteiger partial charge in [-0.15, -0.1) is 0 Å². The number of ether oxygens (including phenoxy) is 1. The summed E-state index contributed by atoms with van der Waals surface area (Å²) in [5.74, 6) is -0.542. The third-order valence-electron chi connectivity index (χ3n) is 1.64. The number of hydrogen-bond acceptors (Lipinski definition) is 4. The van der Waals surface area contributed by atoms with Crippen LogP contribution in [0.1, 0.15) is 0 Å². The van der Waals surface area contributed by atoms with Crippen molar-refractivity contribution < 1.29 is 31.4 Å². The third-order valence-corrected chi connectivity index (χ3v) is 3.42. The average molecular weight is 265 g/mol. The largest absolute Gasteiger partial charge is 0.402 e. The molecule has 0 unspecified atom stereocenters. The lowest BCUT2D eigenvalue weighted by molar-refractivity contribution is -0.136. The molecule has 0 amide bonds. The summed E-state index contributed by atoms with van der Waals surface area (Å²) in [6, 6.07) is 0. The second-order valence-corrected chi connectivity index (χ2v) is 5.07. The molecule has 0 aromatic heterocycles. The first-order valence-corrected chi connectivity index (χ1v) is 5.98. The maximum Gasteiger partial charge on any atom is 0.402 e. The minimum Gasteiger partial charge on any atom is -0.395 e. The minimum absolute atomic E-state index is 0.192. The molecule has 0 aliphatic carbocycles. The Labute approximate surface area is 91.9 Å². The predicted molar refractivity (Wildman–Crippen MR) is 50.4 cm³/mol. The van der Waals surface area contributed by atoms with Gasteiger partial charge >= 0.3 is 6.18 Å². The highest BCUT2D eigenvalue weighted by atomic mass is 32.2. The normalized spacial score (nSPS) is 13.4. The highest BCUT2D eigenvalue weighted by Crippen LogP contribution is 2.18. The molecule has 0 rings (SSSR count). The summed E-state index contributed by atoms with van der Waals surface area (Å²) in [6.45, 7) is -3.03. The van der Waals surface area contributed by atoms with Crippen LogP contribution < -0.4 is 0 Å². The molecular weight excluding hydrogens is 251 g/mol. The van der Waals surface area contributed by atoms with Crippen LogP contribution in [0.5, 0.6) is 0 Å². The molecule has 0 saturated heterocycles. The SMILES string of the molecule is COCCS(=O)(=O)N(CCO)CC(F)(F)F. The first kappa shape index (κ1) is 15.6. The van der Waals surface area contributed by atoms with E-state index in [0.717, 1.165) is 0 Å². The van der Waals surface area contributed by atoms with Gasteiger partial charge in [0, 0.05) is 13.7 Å². The van der Waals surface area contributed by atoms with Crippen LogP contribution >= 0.6 is 0 Å². The molecule has 0 fully saturated rings. The fourth-order valence-corrected chi connectivity index (χ4v) is 2.28. The molecule has 0 spiro atoms. The summed E-state index contributed by atoms with van der Waals surface area (Å²) in [5.41, 5.74) is 0. The van der Waals surface area contributed by atoms with Gasteiger partial charge in [-0.25, -0.2) is 8.42 Å². The van der Waals surface area contributed by atoms with Crippen LogP contribution in [0.2, 0.25) is 0 Å². The molecule has 0 atom stereocenters. The maximum absolute atomic E-state index is 12.1. The molecule has 0 radical (unpaired) electrons. The smallest absolute Gasteiger partial charge is 0.395 e. The molecule has 0 aliphatic rings. The van der Waals surface area contributed by atoms with E-state index in [2.05, 4.69) is 4.74 Å². The summed E-state index contributed by atoms with van der Waals surface area (Å²) in [5, 5.41) is 8.52. The molecule has 16 heavy (non-hydrogen) atoms. The molecule has 0 saturated carbocycles. The van der Waals surface area contributed by atoms with E-state index in [1.165, 1.54) is 7.11 Å². The Hall–Kier alpha value is -0.380. The molecule has 0 aromatic carbocycles. The number of sulfonamides is 1. The average Bonchev–Trinajstić information content (AvgIpc) is 2.12. The topological polar surface area (TPSA) is 66.8 Å². The molecule has 0 heterocycles. The number of aliphatic hydroxyl groups is 1. The number of alkyl halides is 3. The van der Waals surface area contributed by atoms with Crippen molar-refractivity contribution in [2.75, 3.05) is 39.2 Å². The maximum atomic E-state index is 12.1. The molecule has 0 aromatic rings. The van der Waals surface area contributed by atoms with Gasteiger partial charge in [0.05, 0.1) is 19.0 Å². The summed E-state index contributed by atoms with van der Waals surface area (Å²) >= 11 is 0. The van der Waals surface area contributed by atoms with E-state index in [9.17, 15) is 21.6 Å². The quantitative estimate of drug-likeness (QED) is 0.693. The van der Waals surface area contributed by atoms with E-state index < -0.39 is 41.6 Å². The fourth-order valence-electron chi connectivity index (χ4n) is 0.946. The summed E-state index contributed by atoms with van der Waals surface area (Å²) in [6.07, 6.45) is -4.63. The molecule has 9 heteroatoms. The highest BCUT2D eigenvalue weighted by Gasteiger charge is 2.35. The summed E-state index contributed by atoms with van der Waals surface area (Å²) in [7, 11) is -2.81. The summed E-state index contributed by atoms with van der Waals surface area (Å²) in [4.78, 5) is 0. The van der Waals surface area contributed by atoms with Crippen LogP contribution in [0, 0.1) is 0 Å². The van der Waals surface area contributed by atoms with Crippen molar-refractivity contribution in [3.8, 4) is 0 Å². The lowest BCUT2D eigenvalue weighted by Crippen LogP contribution is -2.42. The van der Waals surface area contributed by atoms with E-state index in [1.54, 1.807) is 0 Å². The van der Waals surface area contributed by atoms with Crippen LogP contribution in [-0.2, 0) is 14.8 Å². The molecule has 0 bridgehead atoms. The Balaban J connectivity index is 4.63. The van der Waals surface area contributed by atoms with Crippen molar-refractivity contribution in [2.45, 2.75) is 6.18 Å². The van der Waals surface area contributed by atoms with Gasteiger partial charge in [0.25, 0.3) is 0 Å². The number of nitrogens with zero attached hydrogens (tertiary/aromatic N) is 1. The van der Waals surface area contributed by atoms with E-state index in [4.69, 9.17) is 5.11 Å². The highest BCUT2D eigenvalue weighted by molar-refractivity contribution is 7.89. The zero-order chi connectivity index (χ0) is 12.8. The van der Waals surface area contributed by atoms with Crippen molar-refractivity contribution in [2.24, 2.45) is 0 Å². The van der Waals surface area contributed by atoms with E-state index in [-0.39, 0.29) is 10.9 Å². The lowest BCUT2D eigenvalue weighted by atomic mass is 10.6. The van der Waals surface area contributed by atoms with Crippen molar-refractivity contribution in [1.82, 2.24) is 4.31 Å². The molecule has 98 valence electrons. The van der Waals surface area contributed by atoms with Crippen LogP contribution in [-0.4, -0.2) is 63.2 Å². The van der Waals surface area contributed by atoms with Crippen LogP contribution in [0.15, 0.2) is 0 Å². The Morgan fingerprint density at radius 3 is 2.31 bits per heavy atom. The summed E-state index contributed by atoms with van der Waals surface area (Å²) < 4.78 is 63.7. The van der Waals surface area contributed by atoms with Gasteiger partial charge in [-0.05, 0) is 0 Å². The first-order chi connectivity index (χ1) is 7.23. The zero-order valence-electron chi connectivity index (χ0n) is 8.70. The Morgan fingerprint density at radius 2 is 1.94 bits per heavy atom. The van der Waals surface area contributed by atoms with Gasteiger partial charge in [-0.3, -0.25) is 0 Å². The molecule has 0 aliphatic heterocycles. The Morgan fingerprint density at radius 1 is 1.38 bits per heavy atom. The van der Waals surface area contributed by atoms with Crippen molar-refractivity contribution >= 4 is 10.0 Å². The number of rotatable bonds is 7. The number of aliphatic hydroxyl groups excluding tert-OH is 1. The van der Waals surface area contributed by atoms with E-state index in [0.29, 0.717) is 0 Å². The fraction of sp³-hybridized carbons (Fsp3) is 1.00. The van der Waals surface area contributed by atoms with E-state index >= 15 is 0 Å². The van der Waals surface area contributed by atoms with Gasteiger partial charge in [0.2, 0.25) is 10.0 Å². The Kier molecular flexibility index (Phi) is 6.23. The zero-order valence-corrected chi connectivity index (χ0v) is 9.51. The van der Waals surface area contributed by atoms with Crippen molar-refractivity contribution in [3.05, 3.63) is 0 Å². The monoisotopic (exact) mass is 265 g/mol. The number of halogens is 3. The Bertz CT molecular complexity index is 290. The van der Waals surface area contributed by atoms with Crippen LogP contribution in [0.4, 0.5) is 13.2 Å². The van der Waals surface area contributed by atoms with Gasteiger partial charge in [0.15, 0.2) is 0 Å². The van der Waals surface area contributed by atoms with Crippen molar-refractivity contribution in [1.29, 1.82) is 0 Å². The second-order valence-electron chi connectivity index (χ2n) is 2.98. The molecular formula is C7H14F3NO4S. The lowest BCUT2D eigenvalue weighted by Gasteiger charge is -2.22. The van der Waals surface area contributed by atoms with Gasteiger partial charge < -0.3 is 9.84 Å². The van der Waals surface area contributed by atoms with Gasteiger partial charge in [-0.2, -0.15) is 17.5 Å². The predicted octanol–water partition coefficient (Wildman–Crippen LogP) is -0.181. The third kappa shape index (κ3) is 6.26. The molecule has 5 nitrogen and oxygen atoms in total. The van der Waals surface area contributed by atoms with Gasteiger partial charge in [-0.1, -0.05) is 0 Å². The standard InChI is InChI=1S/C7H14F3NO4S/c1-15-4-5-16(13,14)11(2-3-12)6-7(8,9)10/h12H,2-6H2,1H3. The van der Waals surface area contributed by atoms with Crippen molar-refractivity contribution in [3.63, 3.8) is 0 Å². The first-order valence-electron chi connectivity index (χ1n) is 4.37. The minimum atomic E-state index is -4.63. The molecule has 1 N–H and O–H groups in total.